The van der Waals surface area contributed by atoms with Gasteiger partial charge in [-0.1, -0.05) is 6.07 Å². The van der Waals surface area contributed by atoms with Crippen molar-refractivity contribution in [2.75, 3.05) is 0 Å². The molecule has 1 aromatic carbocycles. The van der Waals surface area contributed by atoms with Gasteiger partial charge in [0.1, 0.15) is 17.2 Å². The molecule has 1 rings (SSSR count). The highest BCUT2D eigenvalue weighted by Crippen LogP contribution is 2.19. The summed E-state index contributed by atoms with van der Waals surface area (Å²) in [5, 5.41) is 0. The number of ether oxygens (including phenoxy) is 1. The third kappa shape index (κ3) is 4.82. The second-order valence-electron chi connectivity index (χ2n) is 5.13. The predicted molar refractivity (Wildman–Crippen MR) is 67.3 cm³/mol. The number of nitrogens with one attached hydrogen (secondary N) is 2. The Morgan fingerprint density at radius 3 is 2.26 bits per heavy atom. The van der Waals surface area contributed by atoms with Crippen LogP contribution >= 0.6 is 0 Å². The van der Waals surface area contributed by atoms with Gasteiger partial charge in [-0.3, -0.25) is 5.43 Å². The molecule has 0 aliphatic heterocycles. The molecular weight excluding hydrogens is 254 g/mol. The minimum Gasteiger partial charge on any atom is -0.443 e. The summed E-state index contributed by atoms with van der Waals surface area (Å²) in [4.78, 5) is 11.4. The zero-order valence-electron chi connectivity index (χ0n) is 11.4. The zero-order chi connectivity index (χ0) is 14.6. The van der Waals surface area contributed by atoms with Crippen LogP contribution in [0.15, 0.2) is 18.2 Å². The van der Waals surface area contributed by atoms with Crippen LogP contribution in [0.1, 0.15) is 39.3 Å². The molecule has 0 spiro atoms. The lowest BCUT2D eigenvalue weighted by Crippen LogP contribution is -2.42. The number of amides is 1. The maximum atomic E-state index is 13.5. The maximum Gasteiger partial charge on any atom is 0.422 e. The Balaban J connectivity index is 2.61. The summed E-state index contributed by atoms with van der Waals surface area (Å²) in [6, 6.07) is 2.87. The molecule has 0 heterocycles. The molecule has 6 heteroatoms. The normalized spacial score (nSPS) is 12.9. The molecule has 0 aliphatic rings. The zero-order valence-corrected chi connectivity index (χ0v) is 11.4. The molecule has 0 bridgehead atoms. The number of hydrogen-bond acceptors (Lipinski definition) is 3. The first-order chi connectivity index (χ1) is 8.70. The number of carbonyl (C=O) groups is 1. The Morgan fingerprint density at radius 2 is 1.79 bits per heavy atom. The van der Waals surface area contributed by atoms with Gasteiger partial charge in [-0.25, -0.2) is 19.0 Å². The SMILES string of the molecule is CC(NNC(=O)OC(C)(C)C)c1c(F)cccc1F. The molecule has 0 radical (unpaired) electrons. The second kappa shape index (κ2) is 5.97. The van der Waals surface area contributed by atoms with Gasteiger partial charge in [0.2, 0.25) is 0 Å². The highest BCUT2D eigenvalue weighted by atomic mass is 19.1. The summed E-state index contributed by atoms with van der Waals surface area (Å²) in [6.07, 6.45) is -0.712. The Labute approximate surface area is 111 Å². The Kier molecular flexibility index (Phi) is 4.83. The Bertz CT molecular complexity index is 438. The minimum atomic E-state index is -0.728. The van der Waals surface area contributed by atoms with Crippen LogP contribution in [0.25, 0.3) is 0 Å². The number of benzene rings is 1. The van der Waals surface area contributed by atoms with Crippen LogP contribution in [-0.2, 0) is 4.74 Å². The van der Waals surface area contributed by atoms with E-state index in [4.69, 9.17) is 4.74 Å². The van der Waals surface area contributed by atoms with Crippen molar-refractivity contribution in [3.63, 3.8) is 0 Å². The number of rotatable bonds is 3. The first-order valence-corrected chi connectivity index (χ1v) is 5.89. The average molecular weight is 272 g/mol. The standard InChI is InChI=1S/C13H18F2N2O2/c1-8(11-9(14)6-5-7-10(11)15)16-17-12(18)19-13(2,3)4/h5-8,16H,1-4H3,(H,17,18). The van der Waals surface area contributed by atoms with Gasteiger partial charge in [-0.2, -0.15) is 0 Å². The summed E-state index contributed by atoms with van der Waals surface area (Å²) >= 11 is 0. The van der Waals surface area contributed by atoms with E-state index in [2.05, 4.69) is 10.9 Å². The van der Waals surface area contributed by atoms with E-state index in [1.807, 2.05) is 0 Å². The van der Waals surface area contributed by atoms with Gasteiger partial charge in [-0.05, 0) is 39.8 Å². The fourth-order valence-corrected chi connectivity index (χ4v) is 1.47. The lowest BCUT2D eigenvalue weighted by Gasteiger charge is -2.21. The van der Waals surface area contributed by atoms with Crippen LogP contribution in [-0.4, -0.2) is 11.7 Å². The van der Waals surface area contributed by atoms with E-state index in [9.17, 15) is 13.6 Å². The Morgan fingerprint density at radius 1 is 1.26 bits per heavy atom. The summed E-state index contributed by atoms with van der Waals surface area (Å²) in [6.45, 7) is 6.67. The summed E-state index contributed by atoms with van der Waals surface area (Å²) in [5.74, 6) is -1.35. The molecule has 0 saturated carbocycles. The van der Waals surface area contributed by atoms with Crippen molar-refractivity contribution >= 4 is 6.09 Å². The first-order valence-electron chi connectivity index (χ1n) is 5.89. The highest BCUT2D eigenvalue weighted by Gasteiger charge is 2.19. The van der Waals surface area contributed by atoms with Gasteiger partial charge < -0.3 is 4.74 Å². The molecule has 0 saturated heterocycles. The lowest BCUT2D eigenvalue weighted by atomic mass is 10.1. The van der Waals surface area contributed by atoms with Crippen molar-refractivity contribution in [3.05, 3.63) is 35.4 Å². The maximum absolute atomic E-state index is 13.5. The van der Waals surface area contributed by atoms with Gasteiger partial charge in [0, 0.05) is 5.56 Å². The van der Waals surface area contributed by atoms with Crippen LogP contribution in [0.2, 0.25) is 0 Å². The molecule has 2 N–H and O–H groups in total. The van der Waals surface area contributed by atoms with Crippen LogP contribution in [0.5, 0.6) is 0 Å². The second-order valence-corrected chi connectivity index (χ2v) is 5.13. The van der Waals surface area contributed by atoms with E-state index in [1.54, 1.807) is 20.8 Å². The van der Waals surface area contributed by atoms with E-state index in [0.717, 1.165) is 12.1 Å². The van der Waals surface area contributed by atoms with E-state index in [0.29, 0.717) is 0 Å². The monoisotopic (exact) mass is 272 g/mol. The molecule has 19 heavy (non-hydrogen) atoms. The van der Waals surface area contributed by atoms with Crippen LogP contribution in [0.4, 0.5) is 13.6 Å². The Hall–Kier alpha value is -1.69. The van der Waals surface area contributed by atoms with Gasteiger partial charge >= 0.3 is 6.09 Å². The summed E-state index contributed by atoms with van der Waals surface area (Å²) < 4.78 is 31.9. The van der Waals surface area contributed by atoms with Crippen molar-refractivity contribution in [1.29, 1.82) is 0 Å². The lowest BCUT2D eigenvalue weighted by molar-refractivity contribution is 0.0488. The molecule has 0 aromatic heterocycles. The highest BCUT2D eigenvalue weighted by molar-refractivity contribution is 5.67. The van der Waals surface area contributed by atoms with E-state index >= 15 is 0 Å². The smallest absolute Gasteiger partial charge is 0.422 e. The molecular formula is C13H18F2N2O2. The number of hydrogen-bond donors (Lipinski definition) is 2. The third-order valence-corrected chi connectivity index (χ3v) is 2.22. The fraction of sp³-hybridized carbons (Fsp3) is 0.462. The van der Waals surface area contributed by atoms with Crippen molar-refractivity contribution in [2.24, 2.45) is 0 Å². The minimum absolute atomic E-state index is 0.140. The van der Waals surface area contributed by atoms with E-state index in [1.165, 1.54) is 13.0 Å². The van der Waals surface area contributed by atoms with E-state index in [-0.39, 0.29) is 5.56 Å². The van der Waals surface area contributed by atoms with E-state index < -0.39 is 29.4 Å². The largest absolute Gasteiger partial charge is 0.443 e. The third-order valence-electron chi connectivity index (χ3n) is 2.22. The fourth-order valence-electron chi connectivity index (χ4n) is 1.47. The number of carbonyl (C=O) groups excluding carboxylic acids is 1. The topological polar surface area (TPSA) is 50.4 Å². The van der Waals surface area contributed by atoms with Crippen LogP contribution in [0.3, 0.4) is 0 Å². The van der Waals surface area contributed by atoms with Crippen molar-refractivity contribution in [2.45, 2.75) is 39.3 Å². The van der Waals surface area contributed by atoms with Crippen molar-refractivity contribution < 1.29 is 18.3 Å². The molecule has 1 unspecified atom stereocenters. The first kappa shape index (κ1) is 15.4. The quantitative estimate of drug-likeness (QED) is 0.831. The van der Waals surface area contributed by atoms with Gasteiger partial charge in [0.05, 0.1) is 6.04 Å². The molecule has 4 nitrogen and oxygen atoms in total. The number of halogens is 2. The van der Waals surface area contributed by atoms with Crippen molar-refractivity contribution in [3.8, 4) is 0 Å². The molecule has 1 atom stereocenters. The molecule has 1 amide bonds. The van der Waals surface area contributed by atoms with Crippen molar-refractivity contribution in [1.82, 2.24) is 10.9 Å². The predicted octanol–water partition coefficient (Wildman–Crippen LogP) is 3.06. The molecule has 0 fully saturated rings. The van der Waals surface area contributed by atoms with Crippen LogP contribution < -0.4 is 10.9 Å². The molecule has 106 valence electrons. The average Bonchev–Trinajstić information content (AvgIpc) is 2.23. The molecule has 0 aliphatic carbocycles. The number of hydrazine groups is 1. The van der Waals surface area contributed by atoms with Crippen LogP contribution in [0, 0.1) is 11.6 Å². The molecule has 1 aromatic rings. The van der Waals surface area contributed by atoms with Gasteiger partial charge in [0.15, 0.2) is 0 Å². The summed E-state index contributed by atoms with van der Waals surface area (Å²) in [5.41, 5.74) is 3.96. The van der Waals surface area contributed by atoms with Gasteiger partial charge in [0.25, 0.3) is 0 Å². The summed E-state index contributed by atoms with van der Waals surface area (Å²) in [7, 11) is 0. The van der Waals surface area contributed by atoms with Gasteiger partial charge in [-0.15, -0.1) is 0 Å².